The topological polar surface area (TPSA) is 49.3 Å². The van der Waals surface area contributed by atoms with Crippen LogP contribution in [0.1, 0.15) is 30.4 Å². The maximum Gasteiger partial charge on any atom is 0.220 e. The Kier molecular flexibility index (Phi) is 6.76. The summed E-state index contributed by atoms with van der Waals surface area (Å²) in [6.07, 6.45) is 2.72. The number of halogens is 1. The number of aliphatic hydroxyl groups is 1. The van der Waals surface area contributed by atoms with Gasteiger partial charge >= 0.3 is 0 Å². The number of aliphatic hydroxyl groups excluding tert-OH is 1. The van der Waals surface area contributed by atoms with E-state index in [4.69, 9.17) is 16.7 Å². The van der Waals surface area contributed by atoms with Crippen LogP contribution in [0.2, 0.25) is 5.02 Å². The molecule has 1 amide bonds. The van der Waals surface area contributed by atoms with Crippen molar-refractivity contribution in [2.75, 3.05) is 13.2 Å². The molecule has 0 bridgehead atoms. The minimum atomic E-state index is 0.0460. The van der Waals surface area contributed by atoms with Crippen molar-refractivity contribution in [1.82, 2.24) is 5.32 Å². The fourth-order valence-corrected chi connectivity index (χ4v) is 1.81. The molecule has 0 spiro atoms. The molecule has 100 valence electrons. The first-order valence-electron chi connectivity index (χ1n) is 6.26. The summed E-state index contributed by atoms with van der Waals surface area (Å²) in [4.78, 5) is 11.5. The zero-order valence-electron chi connectivity index (χ0n) is 10.7. The number of benzene rings is 1. The molecule has 0 aliphatic rings. The number of aryl methyl sites for hydroxylation is 2. The van der Waals surface area contributed by atoms with Crippen LogP contribution in [0.15, 0.2) is 18.2 Å². The molecular weight excluding hydrogens is 250 g/mol. The number of hydrogen-bond acceptors (Lipinski definition) is 2. The minimum Gasteiger partial charge on any atom is -0.396 e. The van der Waals surface area contributed by atoms with Gasteiger partial charge in [-0.25, -0.2) is 0 Å². The molecule has 1 aromatic carbocycles. The monoisotopic (exact) mass is 269 g/mol. The molecule has 4 heteroatoms. The Balaban J connectivity index is 2.27. The minimum absolute atomic E-state index is 0.0460. The molecule has 2 N–H and O–H groups in total. The number of amides is 1. The molecular formula is C14H20ClNO2. The van der Waals surface area contributed by atoms with Crippen LogP contribution in [0, 0.1) is 6.92 Å². The van der Waals surface area contributed by atoms with Gasteiger partial charge in [0.1, 0.15) is 0 Å². The van der Waals surface area contributed by atoms with Crippen molar-refractivity contribution in [3.8, 4) is 0 Å². The first kappa shape index (κ1) is 15.0. The number of unbranched alkanes of at least 4 members (excludes halogenated alkanes) is 1. The van der Waals surface area contributed by atoms with Crippen LogP contribution in [0.25, 0.3) is 0 Å². The molecule has 0 atom stereocenters. The van der Waals surface area contributed by atoms with Crippen LogP contribution >= 0.6 is 11.6 Å². The molecule has 0 saturated heterocycles. The van der Waals surface area contributed by atoms with Crippen LogP contribution < -0.4 is 5.32 Å². The summed E-state index contributed by atoms with van der Waals surface area (Å²) in [5, 5.41) is 12.2. The summed E-state index contributed by atoms with van der Waals surface area (Å²) in [5.74, 6) is 0.0460. The Morgan fingerprint density at radius 3 is 2.83 bits per heavy atom. The van der Waals surface area contributed by atoms with E-state index in [9.17, 15) is 4.79 Å². The van der Waals surface area contributed by atoms with Gasteiger partial charge in [-0.05, 0) is 43.4 Å². The van der Waals surface area contributed by atoms with Gasteiger partial charge in [0.05, 0.1) is 0 Å². The molecule has 0 aliphatic carbocycles. The second kappa shape index (κ2) is 8.11. The Hall–Kier alpha value is -1.06. The Morgan fingerprint density at radius 2 is 2.17 bits per heavy atom. The maximum atomic E-state index is 11.5. The third-order valence-electron chi connectivity index (χ3n) is 2.78. The van der Waals surface area contributed by atoms with E-state index in [2.05, 4.69) is 5.32 Å². The highest BCUT2D eigenvalue weighted by Crippen LogP contribution is 2.17. The highest BCUT2D eigenvalue weighted by atomic mass is 35.5. The molecule has 3 nitrogen and oxygen atoms in total. The fourth-order valence-electron chi connectivity index (χ4n) is 1.60. The van der Waals surface area contributed by atoms with Crippen molar-refractivity contribution < 1.29 is 9.90 Å². The van der Waals surface area contributed by atoms with Crippen molar-refractivity contribution in [2.24, 2.45) is 0 Å². The van der Waals surface area contributed by atoms with E-state index in [1.165, 1.54) is 0 Å². The SMILES string of the molecule is Cc1ccc(CCC(=O)NCCCCO)cc1Cl. The Morgan fingerprint density at radius 1 is 1.39 bits per heavy atom. The van der Waals surface area contributed by atoms with E-state index >= 15 is 0 Å². The third kappa shape index (κ3) is 5.52. The highest BCUT2D eigenvalue weighted by Gasteiger charge is 2.03. The summed E-state index contributed by atoms with van der Waals surface area (Å²) in [7, 11) is 0. The quantitative estimate of drug-likeness (QED) is 0.747. The second-order valence-corrected chi connectivity index (χ2v) is 4.77. The summed E-state index contributed by atoms with van der Waals surface area (Å²) in [5.41, 5.74) is 2.13. The molecule has 0 fully saturated rings. The van der Waals surface area contributed by atoms with Gasteiger partial charge in [0, 0.05) is 24.6 Å². The van der Waals surface area contributed by atoms with E-state index in [1.807, 2.05) is 25.1 Å². The third-order valence-corrected chi connectivity index (χ3v) is 3.19. The van der Waals surface area contributed by atoms with Gasteiger partial charge in [-0.1, -0.05) is 23.7 Å². The van der Waals surface area contributed by atoms with Crippen LogP contribution in [-0.2, 0) is 11.2 Å². The molecule has 18 heavy (non-hydrogen) atoms. The number of rotatable bonds is 7. The lowest BCUT2D eigenvalue weighted by molar-refractivity contribution is -0.121. The van der Waals surface area contributed by atoms with Crippen LogP contribution in [0.3, 0.4) is 0 Å². The second-order valence-electron chi connectivity index (χ2n) is 4.36. The van der Waals surface area contributed by atoms with Gasteiger partial charge < -0.3 is 10.4 Å². The molecule has 0 heterocycles. The average Bonchev–Trinajstić information content (AvgIpc) is 2.36. The number of hydrogen-bond donors (Lipinski definition) is 2. The van der Waals surface area contributed by atoms with E-state index in [0.29, 0.717) is 19.4 Å². The first-order valence-corrected chi connectivity index (χ1v) is 6.64. The van der Waals surface area contributed by atoms with Crippen LogP contribution in [-0.4, -0.2) is 24.2 Å². The van der Waals surface area contributed by atoms with Crippen molar-refractivity contribution in [2.45, 2.75) is 32.6 Å². The van der Waals surface area contributed by atoms with E-state index in [1.54, 1.807) is 0 Å². The normalized spacial score (nSPS) is 10.4. The summed E-state index contributed by atoms with van der Waals surface area (Å²) >= 11 is 6.02. The zero-order chi connectivity index (χ0) is 13.4. The van der Waals surface area contributed by atoms with Gasteiger partial charge in [0.25, 0.3) is 0 Å². The lowest BCUT2D eigenvalue weighted by atomic mass is 10.1. The van der Waals surface area contributed by atoms with Crippen LogP contribution in [0.4, 0.5) is 0 Å². The molecule has 1 rings (SSSR count). The summed E-state index contributed by atoms with van der Waals surface area (Å²) in [6, 6.07) is 5.88. The van der Waals surface area contributed by atoms with E-state index < -0.39 is 0 Å². The smallest absolute Gasteiger partial charge is 0.220 e. The predicted octanol–water partition coefficient (Wildman–Crippen LogP) is 2.47. The molecule has 0 aromatic heterocycles. The van der Waals surface area contributed by atoms with Crippen LogP contribution in [0.5, 0.6) is 0 Å². The van der Waals surface area contributed by atoms with Crippen molar-refractivity contribution in [3.63, 3.8) is 0 Å². The Labute approximate surface area is 113 Å². The number of nitrogens with one attached hydrogen (secondary N) is 1. The average molecular weight is 270 g/mol. The van der Waals surface area contributed by atoms with Gasteiger partial charge in [-0.2, -0.15) is 0 Å². The summed E-state index contributed by atoms with van der Waals surface area (Å²) in [6.45, 7) is 2.77. The van der Waals surface area contributed by atoms with E-state index in [-0.39, 0.29) is 12.5 Å². The van der Waals surface area contributed by atoms with Gasteiger partial charge in [-0.15, -0.1) is 0 Å². The lowest BCUT2D eigenvalue weighted by Crippen LogP contribution is -2.24. The van der Waals surface area contributed by atoms with E-state index in [0.717, 1.165) is 29.0 Å². The maximum absolute atomic E-state index is 11.5. The molecule has 0 radical (unpaired) electrons. The standard InChI is InChI=1S/C14H20ClNO2/c1-11-4-5-12(10-13(11)15)6-7-14(18)16-8-2-3-9-17/h4-5,10,17H,2-3,6-9H2,1H3,(H,16,18). The summed E-state index contributed by atoms with van der Waals surface area (Å²) < 4.78 is 0. The lowest BCUT2D eigenvalue weighted by Gasteiger charge is -2.06. The first-order chi connectivity index (χ1) is 8.63. The Bertz CT molecular complexity index is 393. The van der Waals surface area contributed by atoms with Crippen molar-refractivity contribution >= 4 is 17.5 Å². The molecule has 0 unspecified atom stereocenters. The highest BCUT2D eigenvalue weighted by molar-refractivity contribution is 6.31. The predicted molar refractivity (Wildman–Crippen MR) is 73.8 cm³/mol. The number of carbonyl (C=O) groups excluding carboxylic acids is 1. The van der Waals surface area contributed by atoms with Crippen molar-refractivity contribution in [1.29, 1.82) is 0 Å². The van der Waals surface area contributed by atoms with Crippen molar-refractivity contribution in [3.05, 3.63) is 34.3 Å². The van der Waals surface area contributed by atoms with Gasteiger partial charge in [-0.3, -0.25) is 4.79 Å². The van der Waals surface area contributed by atoms with Gasteiger partial charge in [0.15, 0.2) is 0 Å². The van der Waals surface area contributed by atoms with Gasteiger partial charge in [0.2, 0.25) is 5.91 Å². The fraction of sp³-hybridized carbons (Fsp3) is 0.500. The number of carbonyl (C=O) groups is 1. The molecule has 0 saturated carbocycles. The largest absolute Gasteiger partial charge is 0.396 e. The molecule has 0 aliphatic heterocycles. The molecule has 1 aromatic rings. The zero-order valence-corrected chi connectivity index (χ0v) is 11.5.